The highest BCUT2D eigenvalue weighted by Crippen LogP contribution is 2.14. The molecule has 0 spiro atoms. The molecule has 1 atom stereocenters. The van der Waals surface area contributed by atoms with Crippen LogP contribution < -0.4 is 4.72 Å². The van der Waals surface area contributed by atoms with Crippen LogP contribution in [0.5, 0.6) is 0 Å². The molecular weight excluding hydrogens is 234 g/mol. The van der Waals surface area contributed by atoms with Gasteiger partial charge >= 0.3 is 0 Å². The third-order valence-corrected chi connectivity index (χ3v) is 3.29. The monoisotopic (exact) mass is 247 g/mol. The molecule has 1 aromatic rings. The topological polar surface area (TPSA) is 63.2 Å². The average Bonchev–Trinajstić information content (AvgIpc) is 2.53. The molecule has 0 aliphatic rings. The Hall–Kier alpha value is -0.880. The van der Waals surface area contributed by atoms with Crippen LogP contribution >= 0.6 is 11.3 Å². The Labute approximate surface area is 93.4 Å². The third kappa shape index (κ3) is 4.44. The van der Waals surface area contributed by atoms with Crippen molar-refractivity contribution >= 4 is 27.3 Å². The standard InChI is InChI=1S/C9H13NO3S2/c1-7(6-8-4-3-5-14-8)9(11)10-15(2,12)13/h3-5,7H,6H2,1-2H3,(H,10,11)/t7-/m0/s1. The second kappa shape index (κ2) is 4.76. The summed E-state index contributed by atoms with van der Waals surface area (Å²) in [5.41, 5.74) is 0. The van der Waals surface area contributed by atoms with Gasteiger partial charge in [-0.3, -0.25) is 9.52 Å². The van der Waals surface area contributed by atoms with Crippen LogP contribution in [0.3, 0.4) is 0 Å². The fourth-order valence-corrected chi connectivity index (χ4v) is 2.51. The number of amides is 1. The van der Waals surface area contributed by atoms with Crippen LogP contribution in [-0.2, 0) is 21.2 Å². The summed E-state index contributed by atoms with van der Waals surface area (Å²) in [4.78, 5) is 12.5. The average molecular weight is 247 g/mol. The smallest absolute Gasteiger partial charge is 0.236 e. The number of carbonyl (C=O) groups excluding carboxylic acids is 1. The van der Waals surface area contributed by atoms with Crippen LogP contribution in [0.2, 0.25) is 0 Å². The minimum Gasteiger partial charge on any atom is -0.274 e. The zero-order chi connectivity index (χ0) is 11.5. The normalized spacial score (nSPS) is 13.5. The number of hydrogen-bond donors (Lipinski definition) is 1. The molecular formula is C9H13NO3S2. The number of hydrogen-bond acceptors (Lipinski definition) is 4. The fourth-order valence-electron chi connectivity index (χ4n) is 1.11. The molecule has 1 amide bonds. The van der Waals surface area contributed by atoms with Gasteiger partial charge in [0.2, 0.25) is 15.9 Å². The van der Waals surface area contributed by atoms with Gasteiger partial charge in [-0.1, -0.05) is 13.0 Å². The van der Waals surface area contributed by atoms with Crippen LogP contribution in [0, 0.1) is 5.92 Å². The minimum atomic E-state index is -3.44. The number of sulfonamides is 1. The van der Waals surface area contributed by atoms with Crippen LogP contribution in [-0.4, -0.2) is 20.6 Å². The lowest BCUT2D eigenvalue weighted by molar-refractivity contribution is -0.122. The molecule has 0 fully saturated rings. The second-order valence-electron chi connectivity index (χ2n) is 3.42. The van der Waals surface area contributed by atoms with Gasteiger partial charge in [0.1, 0.15) is 0 Å². The number of thiophene rings is 1. The fraction of sp³-hybridized carbons (Fsp3) is 0.444. The Kier molecular flexibility index (Phi) is 3.87. The first-order valence-corrected chi connectivity index (χ1v) is 7.19. The summed E-state index contributed by atoms with van der Waals surface area (Å²) in [6, 6.07) is 3.83. The minimum absolute atomic E-state index is 0.335. The van der Waals surface area contributed by atoms with E-state index in [0.29, 0.717) is 6.42 Å². The van der Waals surface area contributed by atoms with E-state index >= 15 is 0 Å². The molecule has 4 nitrogen and oxygen atoms in total. The van der Waals surface area contributed by atoms with E-state index in [9.17, 15) is 13.2 Å². The Bertz CT molecular complexity index is 422. The molecule has 0 aliphatic carbocycles. The van der Waals surface area contributed by atoms with E-state index in [4.69, 9.17) is 0 Å². The molecule has 0 unspecified atom stereocenters. The first-order valence-electron chi connectivity index (χ1n) is 4.42. The Morgan fingerprint density at radius 3 is 2.73 bits per heavy atom. The predicted molar refractivity (Wildman–Crippen MR) is 60.2 cm³/mol. The van der Waals surface area contributed by atoms with E-state index in [1.807, 2.05) is 22.2 Å². The second-order valence-corrected chi connectivity index (χ2v) is 6.20. The van der Waals surface area contributed by atoms with Crippen molar-refractivity contribution in [2.45, 2.75) is 13.3 Å². The van der Waals surface area contributed by atoms with Crippen molar-refractivity contribution in [2.75, 3.05) is 6.26 Å². The Morgan fingerprint density at radius 1 is 1.60 bits per heavy atom. The van der Waals surface area contributed by atoms with Gasteiger partial charge in [0, 0.05) is 10.8 Å². The summed E-state index contributed by atoms with van der Waals surface area (Å²) in [5.74, 6) is -0.788. The molecule has 84 valence electrons. The lowest BCUT2D eigenvalue weighted by Crippen LogP contribution is -2.34. The van der Waals surface area contributed by atoms with E-state index in [0.717, 1.165) is 11.1 Å². The maximum absolute atomic E-state index is 11.4. The molecule has 0 aromatic carbocycles. The molecule has 1 heterocycles. The number of rotatable bonds is 4. The van der Waals surface area contributed by atoms with Gasteiger partial charge in [0.15, 0.2) is 0 Å². The molecule has 0 aliphatic heterocycles. The maximum Gasteiger partial charge on any atom is 0.236 e. The van der Waals surface area contributed by atoms with Crippen molar-refractivity contribution in [3.05, 3.63) is 22.4 Å². The zero-order valence-electron chi connectivity index (χ0n) is 8.56. The van der Waals surface area contributed by atoms with Crippen LogP contribution in [0.4, 0.5) is 0 Å². The summed E-state index contributed by atoms with van der Waals surface area (Å²) < 4.78 is 23.6. The quantitative estimate of drug-likeness (QED) is 0.863. The van der Waals surface area contributed by atoms with E-state index in [-0.39, 0.29) is 5.92 Å². The molecule has 0 bridgehead atoms. The highest BCUT2D eigenvalue weighted by molar-refractivity contribution is 7.89. The highest BCUT2D eigenvalue weighted by atomic mass is 32.2. The molecule has 1 N–H and O–H groups in total. The van der Waals surface area contributed by atoms with E-state index in [1.165, 1.54) is 0 Å². The van der Waals surface area contributed by atoms with Crippen molar-refractivity contribution in [1.82, 2.24) is 4.72 Å². The van der Waals surface area contributed by atoms with Crippen molar-refractivity contribution in [2.24, 2.45) is 5.92 Å². The van der Waals surface area contributed by atoms with Gasteiger partial charge in [-0.25, -0.2) is 8.42 Å². The van der Waals surface area contributed by atoms with Gasteiger partial charge in [-0.2, -0.15) is 0 Å². The van der Waals surface area contributed by atoms with E-state index < -0.39 is 15.9 Å². The molecule has 0 radical (unpaired) electrons. The van der Waals surface area contributed by atoms with E-state index in [2.05, 4.69) is 0 Å². The SMILES string of the molecule is C[C@@H](Cc1cccs1)C(=O)NS(C)(=O)=O. The van der Waals surface area contributed by atoms with Crippen molar-refractivity contribution in [1.29, 1.82) is 0 Å². The largest absolute Gasteiger partial charge is 0.274 e. The lowest BCUT2D eigenvalue weighted by atomic mass is 10.1. The first kappa shape index (κ1) is 12.2. The highest BCUT2D eigenvalue weighted by Gasteiger charge is 2.17. The maximum atomic E-state index is 11.4. The van der Waals surface area contributed by atoms with Crippen molar-refractivity contribution in [3.8, 4) is 0 Å². The van der Waals surface area contributed by atoms with Gasteiger partial charge < -0.3 is 0 Å². The molecule has 0 saturated carbocycles. The molecule has 1 rings (SSSR count). The van der Waals surface area contributed by atoms with Crippen LogP contribution in [0.15, 0.2) is 17.5 Å². The van der Waals surface area contributed by atoms with Gasteiger partial charge in [-0.05, 0) is 17.9 Å². The van der Waals surface area contributed by atoms with Crippen LogP contribution in [0.25, 0.3) is 0 Å². The summed E-state index contributed by atoms with van der Waals surface area (Å²) in [6.45, 7) is 1.71. The third-order valence-electron chi connectivity index (χ3n) is 1.82. The Morgan fingerprint density at radius 2 is 2.27 bits per heavy atom. The van der Waals surface area contributed by atoms with Crippen molar-refractivity contribution in [3.63, 3.8) is 0 Å². The van der Waals surface area contributed by atoms with Gasteiger partial charge in [-0.15, -0.1) is 11.3 Å². The van der Waals surface area contributed by atoms with Gasteiger partial charge in [0.05, 0.1) is 6.26 Å². The molecule has 15 heavy (non-hydrogen) atoms. The lowest BCUT2D eigenvalue weighted by Gasteiger charge is -2.09. The van der Waals surface area contributed by atoms with Crippen molar-refractivity contribution < 1.29 is 13.2 Å². The summed E-state index contributed by atoms with van der Waals surface area (Å²) >= 11 is 1.56. The van der Waals surface area contributed by atoms with Crippen LogP contribution in [0.1, 0.15) is 11.8 Å². The Balaban J connectivity index is 2.54. The van der Waals surface area contributed by atoms with Gasteiger partial charge in [0.25, 0.3) is 0 Å². The summed E-state index contributed by atoms with van der Waals surface area (Å²) in [6.07, 6.45) is 1.54. The molecule has 6 heteroatoms. The number of carbonyl (C=O) groups is 1. The first-order chi connectivity index (χ1) is 6.88. The zero-order valence-corrected chi connectivity index (χ0v) is 10.2. The number of nitrogens with one attached hydrogen (secondary N) is 1. The predicted octanol–water partition coefficient (Wildman–Crippen LogP) is 1.00. The summed E-state index contributed by atoms with van der Waals surface area (Å²) in [7, 11) is -3.44. The molecule has 0 saturated heterocycles. The molecule has 1 aromatic heterocycles. The van der Waals surface area contributed by atoms with E-state index in [1.54, 1.807) is 18.3 Å². The summed E-state index contributed by atoms with van der Waals surface area (Å²) in [5, 5.41) is 1.93.